The number of nitrogens with zero attached hydrogens (tertiary/aromatic N) is 6. The van der Waals surface area contributed by atoms with Crippen molar-refractivity contribution in [2.45, 2.75) is 90.9 Å². The van der Waals surface area contributed by atoms with Gasteiger partial charge >= 0.3 is 0 Å². The lowest BCUT2D eigenvalue weighted by atomic mass is 9.90. The second-order valence-corrected chi connectivity index (χ2v) is 12.6. The van der Waals surface area contributed by atoms with E-state index in [9.17, 15) is 19.2 Å². The molecule has 0 atom stereocenters. The normalized spacial score (nSPS) is 14.7. The van der Waals surface area contributed by atoms with Gasteiger partial charge in [0.1, 0.15) is 0 Å². The van der Waals surface area contributed by atoms with Gasteiger partial charge in [-0.2, -0.15) is 0 Å². The minimum atomic E-state index is -0.360. The van der Waals surface area contributed by atoms with Gasteiger partial charge in [0, 0.05) is 59.4 Å². The molecule has 5 aromatic rings. The van der Waals surface area contributed by atoms with Crippen LogP contribution in [-0.2, 0) is 0 Å². The molecule has 4 amide bonds. The molecule has 0 N–H and O–H groups in total. The molecule has 1 aromatic carbocycles. The van der Waals surface area contributed by atoms with E-state index in [1.165, 1.54) is 47.4 Å². The maximum absolute atomic E-state index is 13.7. The van der Waals surface area contributed by atoms with Crippen molar-refractivity contribution in [1.29, 1.82) is 0 Å². The van der Waals surface area contributed by atoms with Crippen molar-refractivity contribution in [2.24, 2.45) is 0 Å². The number of rotatable bonds is 14. The Morgan fingerprint density at radius 2 is 0.696 bits per heavy atom. The molecule has 2 aliphatic heterocycles. The molecule has 0 bridgehead atoms. The third-order valence-corrected chi connectivity index (χ3v) is 9.64. The number of pyridine rings is 4. The fourth-order valence-electron chi connectivity index (χ4n) is 7.20. The molecule has 236 valence electrons. The first-order valence-electron chi connectivity index (χ1n) is 16.8. The highest BCUT2D eigenvalue weighted by Gasteiger charge is 2.38. The fourth-order valence-corrected chi connectivity index (χ4v) is 7.20. The molecule has 6 heterocycles. The topological polar surface area (TPSA) is 126 Å². The van der Waals surface area contributed by atoms with Crippen molar-refractivity contribution in [3.05, 3.63) is 47.0 Å². The molecule has 0 aliphatic carbocycles. The van der Waals surface area contributed by atoms with Crippen molar-refractivity contribution < 1.29 is 19.2 Å². The van der Waals surface area contributed by atoms with Crippen LogP contribution < -0.4 is 0 Å². The second kappa shape index (κ2) is 12.3. The van der Waals surface area contributed by atoms with Gasteiger partial charge in [0.05, 0.1) is 44.3 Å². The van der Waals surface area contributed by atoms with Crippen LogP contribution in [0.15, 0.2) is 24.8 Å². The minimum absolute atomic E-state index is 0.350. The molecule has 46 heavy (non-hydrogen) atoms. The standard InChI is InChI=1S/C36H38N6O4/c1-3-5-7-9-11-13-15-41-33(43)21-17-37-29-27-25(21)22(34(41)44)18-38-30(27)32-28-26-23(19-39-31(28)29)35(45)42(36(46)24(26)20-40-32)16-14-12-10-8-6-4-2/h17-20H,3-16H2,1-2H3. The van der Waals surface area contributed by atoms with E-state index in [0.29, 0.717) is 79.0 Å². The Morgan fingerprint density at radius 3 is 1.00 bits per heavy atom. The van der Waals surface area contributed by atoms with Crippen LogP contribution in [0.2, 0.25) is 0 Å². The SMILES string of the molecule is CCCCCCCCN1C(=O)c2cnc3c4ncc5c6c(cnc(c7ncc(c2c37)C1=O)c64)C(=O)N(CCCCCCCC)C5=O. The summed E-state index contributed by atoms with van der Waals surface area (Å²) in [5.74, 6) is -1.44. The van der Waals surface area contributed by atoms with Crippen molar-refractivity contribution in [3.8, 4) is 0 Å². The summed E-state index contributed by atoms with van der Waals surface area (Å²) < 4.78 is 0. The van der Waals surface area contributed by atoms with Gasteiger partial charge in [-0.05, 0) is 12.8 Å². The lowest BCUT2D eigenvalue weighted by Gasteiger charge is -2.29. The summed E-state index contributed by atoms with van der Waals surface area (Å²) in [6.07, 6.45) is 18.6. The van der Waals surface area contributed by atoms with E-state index in [4.69, 9.17) is 19.9 Å². The molecule has 0 saturated carbocycles. The number of benzene rings is 1. The second-order valence-electron chi connectivity index (χ2n) is 12.6. The lowest BCUT2D eigenvalue weighted by Crippen LogP contribution is -2.41. The van der Waals surface area contributed by atoms with Crippen LogP contribution in [0.3, 0.4) is 0 Å². The minimum Gasteiger partial charge on any atom is -0.274 e. The van der Waals surface area contributed by atoms with Gasteiger partial charge in [-0.1, -0.05) is 78.1 Å². The molecule has 0 radical (unpaired) electrons. The van der Waals surface area contributed by atoms with Crippen LogP contribution in [-0.4, -0.2) is 66.5 Å². The first kappa shape index (κ1) is 30.1. The zero-order valence-electron chi connectivity index (χ0n) is 26.5. The summed E-state index contributed by atoms with van der Waals surface area (Å²) in [6.45, 7) is 5.04. The Morgan fingerprint density at radius 1 is 0.413 bits per heavy atom. The number of aromatic nitrogens is 4. The zero-order chi connectivity index (χ0) is 31.9. The Hall–Kier alpha value is -4.60. The van der Waals surface area contributed by atoms with Crippen molar-refractivity contribution in [2.75, 3.05) is 13.1 Å². The number of imide groups is 2. The van der Waals surface area contributed by atoms with Crippen LogP contribution in [0.5, 0.6) is 0 Å². The molecule has 2 aliphatic rings. The van der Waals surface area contributed by atoms with Gasteiger partial charge in [-0.3, -0.25) is 48.9 Å². The number of carbonyl (C=O) groups is 4. The number of unbranched alkanes of at least 4 members (excludes halogenated alkanes) is 10. The Kier molecular flexibility index (Phi) is 8.04. The van der Waals surface area contributed by atoms with E-state index in [-0.39, 0.29) is 23.6 Å². The molecular formula is C36H38N6O4. The van der Waals surface area contributed by atoms with Crippen molar-refractivity contribution in [3.63, 3.8) is 0 Å². The molecule has 10 nitrogen and oxygen atoms in total. The Labute approximate surface area is 266 Å². The smallest absolute Gasteiger partial charge is 0.262 e. The molecule has 4 aromatic heterocycles. The van der Waals surface area contributed by atoms with Crippen LogP contribution in [0.25, 0.3) is 43.6 Å². The number of hydrogen-bond donors (Lipinski definition) is 0. The Balaban J connectivity index is 1.27. The third-order valence-electron chi connectivity index (χ3n) is 9.64. The van der Waals surface area contributed by atoms with Crippen LogP contribution in [0.1, 0.15) is 132 Å². The quantitative estimate of drug-likeness (QED) is 0.0552. The van der Waals surface area contributed by atoms with Crippen LogP contribution in [0, 0.1) is 0 Å². The molecule has 0 unspecified atom stereocenters. The molecule has 0 fully saturated rings. The molecule has 0 spiro atoms. The number of fused-ring (bicyclic) bond motifs is 2. The average molecular weight is 619 g/mol. The van der Waals surface area contributed by atoms with E-state index >= 15 is 0 Å². The van der Waals surface area contributed by atoms with Gasteiger partial charge in [-0.15, -0.1) is 0 Å². The van der Waals surface area contributed by atoms with Crippen LogP contribution in [0.4, 0.5) is 0 Å². The summed E-state index contributed by atoms with van der Waals surface area (Å²) in [6, 6.07) is 0. The van der Waals surface area contributed by atoms with Crippen molar-refractivity contribution >= 4 is 67.2 Å². The van der Waals surface area contributed by atoms with Crippen molar-refractivity contribution in [1.82, 2.24) is 29.7 Å². The summed E-state index contributed by atoms with van der Waals surface area (Å²) >= 11 is 0. The number of amides is 4. The van der Waals surface area contributed by atoms with E-state index in [0.717, 1.165) is 64.2 Å². The lowest BCUT2D eigenvalue weighted by molar-refractivity contribution is 0.0591. The third kappa shape index (κ3) is 4.68. The predicted octanol–water partition coefficient (Wildman–Crippen LogP) is 7.23. The summed E-state index contributed by atoms with van der Waals surface area (Å²) in [5.41, 5.74) is 3.25. The van der Waals surface area contributed by atoms with E-state index in [1.807, 2.05) is 0 Å². The first-order valence-corrected chi connectivity index (χ1v) is 16.8. The number of hydrogen-bond acceptors (Lipinski definition) is 8. The van der Waals surface area contributed by atoms with Gasteiger partial charge in [0.25, 0.3) is 23.6 Å². The zero-order valence-corrected chi connectivity index (χ0v) is 26.5. The predicted molar refractivity (Wildman–Crippen MR) is 176 cm³/mol. The monoisotopic (exact) mass is 618 g/mol. The molecular weight excluding hydrogens is 580 g/mol. The average Bonchev–Trinajstić information content (AvgIpc) is 3.07. The van der Waals surface area contributed by atoms with E-state index in [1.54, 1.807) is 0 Å². The van der Waals surface area contributed by atoms with Gasteiger partial charge in [0.2, 0.25) is 0 Å². The summed E-state index contributed by atoms with van der Waals surface area (Å²) in [4.78, 5) is 76.1. The highest BCUT2D eigenvalue weighted by molar-refractivity contribution is 6.38. The van der Waals surface area contributed by atoms with Gasteiger partial charge < -0.3 is 0 Å². The van der Waals surface area contributed by atoms with E-state index < -0.39 is 0 Å². The van der Waals surface area contributed by atoms with Crippen LogP contribution >= 0.6 is 0 Å². The first-order chi connectivity index (χ1) is 22.5. The largest absolute Gasteiger partial charge is 0.274 e. The molecule has 10 heteroatoms. The fraction of sp³-hybridized carbons (Fsp3) is 0.444. The summed E-state index contributed by atoms with van der Waals surface area (Å²) in [7, 11) is 0. The Bertz CT molecular complexity index is 1770. The maximum atomic E-state index is 13.7. The summed E-state index contributed by atoms with van der Waals surface area (Å²) in [5, 5.41) is 2.10. The maximum Gasteiger partial charge on any atom is 0.262 e. The van der Waals surface area contributed by atoms with Gasteiger partial charge in [0.15, 0.2) is 0 Å². The highest BCUT2D eigenvalue weighted by atomic mass is 16.2. The molecule has 0 saturated heterocycles. The van der Waals surface area contributed by atoms with E-state index in [2.05, 4.69) is 13.8 Å². The van der Waals surface area contributed by atoms with Gasteiger partial charge in [-0.25, -0.2) is 0 Å². The molecule has 7 rings (SSSR count). The highest BCUT2D eigenvalue weighted by Crippen LogP contribution is 2.43. The number of carbonyl (C=O) groups excluding carboxylic acids is 4.